The molecular formula is C20H16ClN3O6. The molecule has 0 bridgehead atoms. The van der Waals surface area contributed by atoms with Crippen molar-refractivity contribution >= 4 is 29.0 Å². The van der Waals surface area contributed by atoms with Crippen LogP contribution < -0.4 is 0 Å². The van der Waals surface area contributed by atoms with Crippen molar-refractivity contribution in [2.75, 3.05) is 0 Å². The largest absolute Gasteiger partial charge is 0.452 e. The van der Waals surface area contributed by atoms with E-state index in [-0.39, 0.29) is 40.1 Å². The maximum absolute atomic E-state index is 12.9. The second-order valence-electron chi connectivity index (χ2n) is 6.58. The first-order valence-corrected chi connectivity index (χ1v) is 9.23. The summed E-state index contributed by atoms with van der Waals surface area (Å²) in [6, 6.07) is 9.68. The summed E-state index contributed by atoms with van der Waals surface area (Å²) in [5, 5.41) is 14.8. The highest BCUT2D eigenvalue weighted by molar-refractivity contribution is 6.33. The van der Waals surface area contributed by atoms with Gasteiger partial charge < -0.3 is 9.26 Å². The van der Waals surface area contributed by atoms with Crippen molar-refractivity contribution in [1.29, 1.82) is 0 Å². The van der Waals surface area contributed by atoms with Crippen LogP contribution in [0, 0.1) is 10.1 Å². The van der Waals surface area contributed by atoms with Crippen LogP contribution in [0.4, 0.5) is 5.69 Å². The van der Waals surface area contributed by atoms with Gasteiger partial charge in [0.25, 0.3) is 11.6 Å². The Balaban J connectivity index is 1.83. The molecule has 2 aromatic carbocycles. The van der Waals surface area contributed by atoms with Gasteiger partial charge in [-0.3, -0.25) is 14.9 Å². The molecule has 30 heavy (non-hydrogen) atoms. The third kappa shape index (κ3) is 4.52. The zero-order chi connectivity index (χ0) is 21.8. The predicted molar refractivity (Wildman–Crippen MR) is 105 cm³/mol. The van der Waals surface area contributed by atoms with E-state index in [1.807, 2.05) is 13.8 Å². The number of aromatic nitrogens is 2. The van der Waals surface area contributed by atoms with Crippen molar-refractivity contribution in [1.82, 2.24) is 10.1 Å². The summed E-state index contributed by atoms with van der Waals surface area (Å²) < 4.78 is 10.2. The van der Waals surface area contributed by atoms with Crippen molar-refractivity contribution < 1.29 is 23.8 Å². The maximum Gasteiger partial charge on any atom is 0.339 e. The fourth-order valence-corrected chi connectivity index (χ4v) is 2.76. The summed E-state index contributed by atoms with van der Waals surface area (Å²) in [5.74, 6) is -0.681. The second kappa shape index (κ2) is 8.83. The number of nitrogens with zero attached hydrogens (tertiary/aromatic N) is 3. The molecule has 0 aliphatic rings. The summed E-state index contributed by atoms with van der Waals surface area (Å²) in [7, 11) is 0. The van der Waals surface area contributed by atoms with Crippen LogP contribution in [0.5, 0.6) is 0 Å². The SMILES string of the molecule is CC(C)c1noc(COC(=O)c2ccccc2C(=O)c2ccc(Cl)c([N+](=O)[O-])c2)n1. The quantitative estimate of drug-likeness (QED) is 0.235. The van der Waals surface area contributed by atoms with E-state index in [9.17, 15) is 19.7 Å². The third-order valence-electron chi connectivity index (χ3n) is 4.12. The molecule has 0 aliphatic heterocycles. The minimum absolute atomic E-state index is 0.00343. The third-order valence-corrected chi connectivity index (χ3v) is 4.44. The lowest BCUT2D eigenvalue weighted by atomic mass is 9.98. The van der Waals surface area contributed by atoms with Gasteiger partial charge in [-0.15, -0.1) is 0 Å². The van der Waals surface area contributed by atoms with Gasteiger partial charge in [0.1, 0.15) is 5.02 Å². The second-order valence-corrected chi connectivity index (χ2v) is 6.98. The molecule has 0 fully saturated rings. The van der Waals surface area contributed by atoms with E-state index in [1.165, 1.54) is 24.3 Å². The standard InChI is InChI=1S/C20H16ClN3O6/c1-11(2)19-22-17(30-23-19)10-29-20(26)14-6-4-3-5-13(14)18(25)12-7-8-15(21)16(9-12)24(27)28/h3-9,11H,10H2,1-2H3. The van der Waals surface area contributed by atoms with Gasteiger partial charge in [-0.05, 0) is 18.2 Å². The van der Waals surface area contributed by atoms with Crippen molar-refractivity contribution in [3.63, 3.8) is 0 Å². The number of ketones is 1. The van der Waals surface area contributed by atoms with Gasteiger partial charge in [0.2, 0.25) is 0 Å². The molecule has 3 rings (SSSR count). The van der Waals surface area contributed by atoms with E-state index in [2.05, 4.69) is 10.1 Å². The Labute approximate surface area is 175 Å². The lowest BCUT2D eigenvalue weighted by Crippen LogP contribution is -2.13. The number of ether oxygens (including phenoxy) is 1. The van der Waals surface area contributed by atoms with Crippen molar-refractivity contribution in [3.8, 4) is 0 Å². The average Bonchev–Trinajstić information content (AvgIpc) is 3.21. The van der Waals surface area contributed by atoms with Crippen molar-refractivity contribution in [2.45, 2.75) is 26.4 Å². The van der Waals surface area contributed by atoms with Gasteiger partial charge in [0.15, 0.2) is 18.2 Å². The molecule has 0 atom stereocenters. The van der Waals surface area contributed by atoms with Gasteiger partial charge in [-0.1, -0.05) is 48.8 Å². The van der Waals surface area contributed by atoms with Gasteiger partial charge >= 0.3 is 5.97 Å². The Morgan fingerprint density at radius 2 is 1.90 bits per heavy atom. The Hall–Kier alpha value is -3.59. The highest BCUT2D eigenvalue weighted by atomic mass is 35.5. The smallest absolute Gasteiger partial charge is 0.339 e. The summed E-state index contributed by atoms with van der Waals surface area (Å²) in [6.07, 6.45) is 0. The molecule has 0 aliphatic carbocycles. The van der Waals surface area contributed by atoms with E-state index < -0.39 is 22.4 Å². The van der Waals surface area contributed by atoms with Crippen LogP contribution in [0.15, 0.2) is 47.0 Å². The summed E-state index contributed by atoms with van der Waals surface area (Å²) >= 11 is 5.80. The molecule has 0 amide bonds. The molecule has 0 unspecified atom stereocenters. The van der Waals surface area contributed by atoms with Gasteiger partial charge in [-0.2, -0.15) is 4.98 Å². The van der Waals surface area contributed by atoms with E-state index >= 15 is 0 Å². The molecule has 0 radical (unpaired) electrons. The molecule has 1 aromatic heterocycles. The molecule has 10 heteroatoms. The van der Waals surface area contributed by atoms with Crippen LogP contribution in [0.2, 0.25) is 5.02 Å². The Morgan fingerprint density at radius 3 is 2.53 bits per heavy atom. The molecule has 0 saturated carbocycles. The molecular weight excluding hydrogens is 414 g/mol. The molecule has 154 valence electrons. The summed E-state index contributed by atoms with van der Waals surface area (Å²) in [4.78, 5) is 40.0. The number of nitro benzene ring substituents is 1. The first kappa shape index (κ1) is 21.1. The van der Waals surface area contributed by atoms with Gasteiger partial charge in [0, 0.05) is 23.1 Å². The minimum atomic E-state index is -0.772. The molecule has 9 nitrogen and oxygen atoms in total. The van der Waals surface area contributed by atoms with Gasteiger partial charge in [0.05, 0.1) is 10.5 Å². The molecule has 1 heterocycles. The van der Waals surface area contributed by atoms with Crippen molar-refractivity contribution in [3.05, 3.63) is 86.0 Å². The zero-order valence-electron chi connectivity index (χ0n) is 16.0. The van der Waals surface area contributed by atoms with E-state index in [0.29, 0.717) is 5.82 Å². The van der Waals surface area contributed by atoms with Crippen molar-refractivity contribution in [2.24, 2.45) is 0 Å². The fraction of sp³-hybridized carbons (Fsp3) is 0.200. The van der Waals surface area contributed by atoms with Gasteiger partial charge in [-0.25, -0.2) is 4.79 Å². The molecule has 3 aromatic rings. The number of rotatable bonds is 7. The van der Waals surface area contributed by atoms with Crippen LogP contribution in [-0.2, 0) is 11.3 Å². The molecule has 0 saturated heterocycles. The number of carbonyl (C=O) groups excluding carboxylic acids is 2. The Kier molecular flexibility index (Phi) is 6.22. The maximum atomic E-state index is 12.9. The number of halogens is 1. The van der Waals surface area contributed by atoms with Crippen LogP contribution in [0.1, 0.15) is 57.8 Å². The monoisotopic (exact) mass is 429 g/mol. The lowest BCUT2D eigenvalue weighted by molar-refractivity contribution is -0.384. The number of esters is 1. The normalized spacial score (nSPS) is 10.8. The van der Waals surface area contributed by atoms with Crippen LogP contribution in [0.25, 0.3) is 0 Å². The fourth-order valence-electron chi connectivity index (χ4n) is 2.57. The molecule has 0 N–H and O–H groups in total. The number of benzene rings is 2. The first-order chi connectivity index (χ1) is 14.3. The molecule has 0 spiro atoms. The highest BCUT2D eigenvalue weighted by Crippen LogP contribution is 2.27. The predicted octanol–water partition coefficient (Wildman–Crippen LogP) is 4.34. The van der Waals surface area contributed by atoms with E-state index in [4.69, 9.17) is 20.9 Å². The highest BCUT2D eigenvalue weighted by Gasteiger charge is 2.22. The van der Waals surface area contributed by atoms with Crippen LogP contribution in [-0.4, -0.2) is 26.8 Å². The minimum Gasteiger partial charge on any atom is -0.452 e. The average molecular weight is 430 g/mol. The lowest BCUT2D eigenvalue weighted by Gasteiger charge is -2.08. The Bertz CT molecular complexity index is 1130. The summed E-state index contributed by atoms with van der Waals surface area (Å²) in [5.41, 5.74) is -0.346. The van der Waals surface area contributed by atoms with E-state index in [0.717, 1.165) is 6.07 Å². The van der Waals surface area contributed by atoms with Crippen LogP contribution in [0.3, 0.4) is 0 Å². The van der Waals surface area contributed by atoms with Crippen LogP contribution >= 0.6 is 11.6 Å². The number of nitro groups is 1. The number of hydrogen-bond donors (Lipinski definition) is 0. The summed E-state index contributed by atoms with van der Waals surface area (Å²) in [6.45, 7) is 3.53. The number of hydrogen-bond acceptors (Lipinski definition) is 8. The first-order valence-electron chi connectivity index (χ1n) is 8.85. The van der Waals surface area contributed by atoms with E-state index in [1.54, 1.807) is 12.1 Å². The number of carbonyl (C=O) groups is 2. The zero-order valence-corrected chi connectivity index (χ0v) is 16.8. The Morgan fingerprint density at radius 1 is 1.20 bits per heavy atom. The topological polar surface area (TPSA) is 125 Å².